The first kappa shape index (κ1) is 19.7. The molecule has 2 heterocycles. The number of fused-ring (bicyclic) bond motifs is 1. The third-order valence-corrected chi connectivity index (χ3v) is 3.97. The van der Waals surface area contributed by atoms with E-state index in [-0.39, 0.29) is 30.7 Å². The molecule has 0 unspecified atom stereocenters. The van der Waals surface area contributed by atoms with E-state index in [2.05, 4.69) is 15.6 Å². The van der Waals surface area contributed by atoms with Gasteiger partial charge in [0.1, 0.15) is 11.1 Å². The van der Waals surface area contributed by atoms with Crippen LogP contribution < -0.4 is 10.6 Å². The molecule has 1 aromatic heterocycles. The molecule has 1 saturated heterocycles. The van der Waals surface area contributed by atoms with Crippen LogP contribution in [0.15, 0.2) is 22.6 Å². The van der Waals surface area contributed by atoms with Gasteiger partial charge in [0.15, 0.2) is 11.5 Å². The maximum atomic E-state index is 12.6. The minimum absolute atomic E-state index is 0. The summed E-state index contributed by atoms with van der Waals surface area (Å²) >= 11 is 0. The van der Waals surface area contributed by atoms with Crippen LogP contribution in [0.4, 0.5) is 5.69 Å². The Bertz CT molecular complexity index is 669. The maximum absolute atomic E-state index is 12.6. The van der Waals surface area contributed by atoms with E-state index >= 15 is 0 Å². The molecule has 8 heteroatoms. The van der Waals surface area contributed by atoms with Gasteiger partial charge in [0, 0.05) is 25.8 Å². The molecule has 0 aliphatic carbocycles. The van der Waals surface area contributed by atoms with Gasteiger partial charge in [-0.05, 0) is 38.1 Å². The van der Waals surface area contributed by atoms with E-state index in [1.165, 1.54) is 0 Å². The number of hydrogen-bond acceptors (Lipinski definition) is 5. The highest BCUT2D eigenvalue weighted by atomic mass is 35.5. The molecule has 0 atom stereocenters. The predicted octanol–water partition coefficient (Wildman–Crippen LogP) is 2.69. The summed E-state index contributed by atoms with van der Waals surface area (Å²) in [6.07, 6.45) is 1.33. The summed E-state index contributed by atoms with van der Waals surface area (Å²) in [6.45, 7) is 3.36. The van der Waals surface area contributed by atoms with Crippen molar-refractivity contribution in [1.29, 1.82) is 0 Å². The zero-order chi connectivity index (χ0) is 14.9. The number of ether oxygens (including phenoxy) is 1. The number of hydrogen-bond donors (Lipinski definition) is 2. The smallest absolute Gasteiger partial charge is 0.256 e. The zero-order valence-corrected chi connectivity index (χ0v) is 14.7. The molecular formula is C15H21Cl2N3O3. The van der Waals surface area contributed by atoms with Crippen molar-refractivity contribution < 1.29 is 13.9 Å². The molecule has 2 aromatic rings. The molecule has 1 aliphatic rings. The van der Waals surface area contributed by atoms with E-state index in [1.54, 1.807) is 20.1 Å². The predicted molar refractivity (Wildman–Crippen MR) is 93.7 cm³/mol. The Balaban J connectivity index is 0.00000132. The van der Waals surface area contributed by atoms with E-state index in [1.807, 2.05) is 12.1 Å². The third kappa shape index (κ3) is 3.95. The highest BCUT2D eigenvalue weighted by Crippen LogP contribution is 2.26. The number of aryl methyl sites for hydroxylation is 1. The number of oxazole rings is 1. The van der Waals surface area contributed by atoms with Crippen molar-refractivity contribution >= 4 is 47.5 Å². The van der Waals surface area contributed by atoms with Crippen LogP contribution in [0.5, 0.6) is 0 Å². The van der Waals surface area contributed by atoms with Gasteiger partial charge in [0.2, 0.25) is 0 Å². The van der Waals surface area contributed by atoms with Crippen molar-refractivity contribution in [1.82, 2.24) is 10.3 Å². The molecule has 3 rings (SSSR count). The lowest BCUT2D eigenvalue weighted by Crippen LogP contribution is -2.51. The van der Waals surface area contributed by atoms with E-state index in [0.29, 0.717) is 30.0 Å². The molecule has 128 valence electrons. The van der Waals surface area contributed by atoms with Gasteiger partial charge in [-0.25, -0.2) is 4.98 Å². The van der Waals surface area contributed by atoms with Gasteiger partial charge < -0.3 is 19.8 Å². The second-order valence-corrected chi connectivity index (χ2v) is 5.32. The van der Waals surface area contributed by atoms with Crippen LogP contribution in [-0.4, -0.2) is 36.7 Å². The largest absolute Gasteiger partial charge is 0.441 e. The van der Waals surface area contributed by atoms with Crippen molar-refractivity contribution in [2.24, 2.45) is 0 Å². The normalized spacial score (nSPS) is 16.3. The van der Waals surface area contributed by atoms with Crippen LogP contribution in [0.1, 0.15) is 18.7 Å². The van der Waals surface area contributed by atoms with Crippen molar-refractivity contribution in [3.8, 4) is 0 Å². The lowest BCUT2D eigenvalue weighted by atomic mass is 9.91. The average Bonchev–Trinajstić information content (AvgIpc) is 2.87. The SMILES string of the molecule is COC1(C(=O)Nc2ccc3nc(C)oc3c2)CCNCC1.Cl.Cl. The van der Waals surface area contributed by atoms with Gasteiger partial charge in [-0.3, -0.25) is 4.79 Å². The lowest BCUT2D eigenvalue weighted by Gasteiger charge is -2.34. The van der Waals surface area contributed by atoms with E-state index in [0.717, 1.165) is 18.6 Å². The monoisotopic (exact) mass is 361 g/mol. The van der Waals surface area contributed by atoms with Gasteiger partial charge >= 0.3 is 0 Å². The molecule has 1 aliphatic heterocycles. The van der Waals surface area contributed by atoms with Crippen LogP contribution in [-0.2, 0) is 9.53 Å². The minimum Gasteiger partial charge on any atom is -0.441 e. The summed E-state index contributed by atoms with van der Waals surface area (Å²) in [7, 11) is 1.59. The van der Waals surface area contributed by atoms with E-state index in [4.69, 9.17) is 9.15 Å². The fraction of sp³-hybridized carbons (Fsp3) is 0.467. The van der Waals surface area contributed by atoms with Crippen LogP contribution >= 0.6 is 24.8 Å². The van der Waals surface area contributed by atoms with Crippen molar-refractivity contribution in [3.63, 3.8) is 0 Å². The summed E-state index contributed by atoms with van der Waals surface area (Å²) in [5.41, 5.74) is 1.40. The molecule has 1 fully saturated rings. The lowest BCUT2D eigenvalue weighted by molar-refractivity contribution is -0.140. The van der Waals surface area contributed by atoms with E-state index < -0.39 is 5.60 Å². The molecule has 1 aromatic carbocycles. The minimum atomic E-state index is -0.752. The summed E-state index contributed by atoms with van der Waals surface area (Å²) in [5, 5.41) is 6.16. The number of rotatable bonds is 3. The van der Waals surface area contributed by atoms with E-state index in [9.17, 15) is 4.79 Å². The average molecular weight is 362 g/mol. The molecule has 0 bridgehead atoms. The fourth-order valence-electron chi connectivity index (χ4n) is 2.72. The van der Waals surface area contributed by atoms with Crippen LogP contribution in [0.2, 0.25) is 0 Å². The van der Waals surface area contributed by atoms with Crippen molar-refractivity contribution in [3.05, 3.63) is 24.1 Å². The van der Waals surface area contributed by atoms with Gasteiger partial charge in [-0.2, -0.15) is 0 Å². The zero-order valence-electron chi connectivity index (χ0n) is 13.0. The Labute approximate surface area is 147 Å². The Kier molecular flexibility index (Phi) is 6.83. The molecule has 23 heavy (non-hydrogen) atoms. The number of benzene rings is 1. The number of piperidine rings is 1. The van der Waals surface area contributed by atoms with Crippen molar-refractivity contribution in [2.45, 2.75) is 25.4 Å². The highest BCUT2D eigenvalue weighted by molar-refractivity contribution is 5.98. The molecule has 0 spiro atoms. The second kappa shape index (κ2) is 7.97. The molecule has 1 amide bonds. The number of halogens is 2. The number of anilines is 1. The number of nitrogens with one attached hydrogen (secondary N) is 2. The molecule has 2 N–H and O–H groups in total. The first-order valence-electron chi connectivity index (χ1n) is 7.07. The van der Waals surface area contributed by atoms with Crippen LogP contribution in [0, 0.1) is 6.92 Å². The second-order valence-electron chi connectivity index (χ2n) is 5.32. The van der Waals surface area contributed by atoms with Crippen LogP contribution in [0.3, 0.4) is 0 Å². The van der Waals surface area contributed by atoms with Gasteiger partial charge in [-0.1, -0.05) is 0 Å². The molecule has 0 radical (unpaired) electrons. The fourth-order valence-corrected chi connectivity index (χ4v) is 2.72. The highest BCUT2D eigenvalue weighted by Gasteiger charge is 2.39. The first-order valence-corrected chi connectivity index (χ1v) is 7.07. The van der Waals surface area contributed by atoms with Gasteiger partial charge in [0.25, 0.3) is 5.91 Å². The first-order chi connectivity index (χ1) is 10.1. The van der Waals surface area contributed by atoms with Crippen LogP contribution in [0.25, 0.3) is 11.1 Å². The number of nitrogens with zero attached hydrogens (tertiary/aromatic N) is 1. The number of carbonyl (C=O) groups excluding carboxylic acids is 1. The summed E-state index contributed by atoms with van der Waals surface area (Å²) in [5.74, 6) is 0.502. The molecule has 0 saturated carbocycles. The standard InChI is InChI=1S/C15H19N3O3.2ClH/c1-10-17-12-4-3-11(9-13(12)21-10)18-14(19)15(20-2)5-7-16-8-6-15;;/h3-4,9,16H,5-8H2,1-2H3,(H,18,19);2*1H. The Morgan fingerprint density at radius 1 is 1.35 bits per heavy atom. The Morgan fingerprint density at radius 3 is 2.70 bits per heavy atom. The Hall–Kier alpha value is -1.34. The summed E-state index contributed by atoms with van der Waals surface area (Å²) in [6, 6.07) is 5.45. The summed E-state index contributed by atoms with van der Waals surface area (Å²) < 4.78 is 11.0. The van der Waals surface area contributed by atoms with Gasteiger partial charge in [0.05, 0.1) is 0 Å². The number of aromatic nitrogens is 1. The molecule has 6 nitrogen and oxygen atoms in total. The third-order valence-electron chi connectivity index (χ3n) is 3.97. The maximum Gasteiger partial charge on any atom is 0.256 e. The number of carbonyl (C=O) groups is 1. The number of methoxy groups -OCH3 is 1. The summed E-state index contributed by atoms with van der Waals surface area (Å²) in [4.78, 5) is 16.8. The quantitative estimate of drug-likeness (QED) is 0.878. The topological polar surface area (TPSA) is 76.4 Å². The number of amides is 1. The Morgan fingerprint density at radius 2 is 2.04 bits per heavy atom. The van der Waals surface area contributed by atoms with Gasteiger partial charge in [-0.15, -0.1) is 24.8 Å². The van der Waals surface area contributed by atoms with Crippen molar-refractivity contribution in [2.75, 3.05) is 25.5 Å². The molecular weight excluding hydrogens is 341 g/mol.